The zero-order chi connectivity index (χ0) is 21.9. The minimum absolute atomic E-state index is 0.128. The van der Waals surface area contributed by atoms with E-state index in [4.69, 9.17) is 14.7 Å². The van der Waals surface area contributed by atoms with Crippen LogP contribution in [-0.4, -0.2) is 25.7 Å². The number of nitriles is 1. The van der Waals surface area contributed by atoms with Crippen LogP contribution in [0.4, 0.5) is 0 Å². The van der Waals surface area contributed by atoms with Gasteiger partial charge in [-0.25, -0.2) is 0 Å². The second-order valence-corrected chi connectivity index (χ2v) is 7.58. The molecular weight excluding hydrogens is 388 g/mol. The van der Waals surface area contributed by atoms with Gasteiger partial charge in [-0.2, -0.15) is 5.26 Å². The smallest absolute Gasteiger partial charge is 0.221 e. The predicted octanol–water partition coefficient (Wildman–Crippen LogP) is 4.57. The minimum atomic E-state index is -0.306. The van der Waals surface area contributed by atoms with E-state index in [-0.39, 0.29) is 30.8 Å². The van der Waals surface area contributed by atoms with Crippen molar-refractivity contribution in [2.75, 3.05) is 13.7 Å². The number of nitrogens with one attached hydrogen (secondary N) is 1. The van der Waals surface area contributed by atoms with Crippen LogP contribution in [0, 0.1) is 23.2 Å². The molecule has 0 bridgehead atoms. The van der Waals surface area contributed by atoms with Gasteiger partial charge in [0.25, 0.3) is 0 Å². The Balaban J connectivity index is 1.85. The number of hydrogen-bond acceptors (Lipinski definition) is 4. The molecule has 1 aliphatic carbocycles. The molecule has 0 aliphatic heterocycles. The summed E-state index contributed by atoms with van der Waals surface area (Å²) < 4.78 is 11.7. The molecular formula is C26H28N2O3. The first kappa shape index (κ1) is 22.2. The summed E-state index contributed by atoms with van der Waals surface area (Å²) in [7, 11) is 1.63. The SMILES string of the molecule is COc1ccc(C(C#Cc2ccccc2)CC(=O)NCCC#N)cc1OC1CCCC1. The predicted molar refractivity (Wildman–Crippen MR) is 120 cm³/mol. The van der Waals surface area contributed by atoms with E-state index >= 15 is 0 Å². The number of nitrogens with zero attached hydrogens (tertiary/aromatic N) is 1. The van der Waals surface area contributed by atoms with E-state index in [9.17, 15) is 4.79 Å². The third-order valence-electron chi connectivity index (χ3n) is 5.30. The van der Waals surface area contributed by atoms with Crippen molar-refractivity contribution in [3.63, 3.8) is 0 Å². The number of ether oxygens (including phenoxy) is 2. The average Bonchev–Trinajstić information content (AvgIpc) is 3.30. The zero-order valence-corrected chi connectivity index (χ0v) is 17.9. The number of benzene rings is 2. The number of rotatable bonds is 8. The molecule has 0 saturated heterocycles. The highest BCUT2D eigenvalue weighted by Crippen LogP contribution is 2.35. The lowest BCUT2D eigenvalue weighted by Crippen LogP contribution is -2.25. The molecule has 1 amide bonds. The van der Waals surface area contributed by atoms with E-state index in [1.54, 1.807) is 7.11 Å². The maximum absolute atomic E-state index is 12.5. The first-order valence-electron chi connectivity index (χ1n) is 10.7. The molecule has 2 aromatic carbocycles. The Morgan fingerprint density at radius 2 is 1.94 bits per heavy atom. The summed E-state index contributed by atoms with van der Waals surface area (Å²) >= 11 is 0. The van der Waals surface area contributed by atoms with Gasteiger partial charge in [-0.15, -0.1) is 0 Å². The Labute approximate surface area is 184 Å². The van der Waals surface area contributed by atoms with Crippen molar-refractivity contribution in [1.82, 2.24) is 5.32 Å². The summed E-state index contributed by atoms with van der Waals surface area (Å²) in [4.78, 5) is 12.5. The molecule has 5 nitrogen and oxygen atoms in total. The van der Waals surface area contributed by atoms with Crippen LogP contribution in [0.2, 0.25) is 0 Å². The maximum atomic E-state index is 12.5. The average molecular weight is 417 g/mol. The van der Waals surface area contributed by atoms with Crippen molar-refractivity contribution in [3.05, 3.63) is 59.7 Å². The summed E-state index contributed by atoms with van der Waals surface area (Å²) in [5.74, 6) is 7.39. The quantitative estimate of drug-likeness (QED) is 0.505. The first-order chi connectivity index (χ1) is 15.2. The van der Waals surface area contributed by atoms with Crippen molar-refractivity contribution >= 4 is 5.91 Å². The minimum Gasteiger partial charge on any atom is -0.493 e. The van der Waals surface area contributed by atoms with Crippen molar-refractivity contribution in [2.45, 2.75) is 50.5 Å². The summed E-state index contributed by atoms with van der Waals surface area (Å²) in [6.45, 7) is 0.340. The van der Waals surface area contributed by atoms with Crippen LogP contribution in [-0.2, 0) is 4.79 Å². The third kappa shape index (κ3) is 6.79. The normalized spacial score (nSPS) is 14.1. The Hall–Kier alpha value is -3.44. The molecule has 1 aliphatic rings. The number of hydrogen-bond donors (Lipinski definition) is 1. The van der Waals surface area contributed by atoms with Crippen LogP contribution in [0.5, 0.6) is 11.5 Å². The number of carbonyl (C=O) groups is 1. The van der Waals surface area contributed by atoms with Crippen LogP contribution < -0.4 is 14.8 Å². The van der Waals surface area contributed by atoms with Gasteiger partial charge in [0.2, 0.25) is 5.91 Å². The van der Waals surface area contributed by atoms with Crippen molar-refractivity contribution in [2.24, 2.45) is 0 Å². The number of carbonyl (C=O) groups excluding carboxylic acids is 1. The topological polar surface area (TPSA) is 71.3 Å². The molecule has 0 aromatic heterocycles. The zero-order valence-electron chi connectivity index (χ0n) is 17.9. The Morgan fingerprint density at radius 3 is 2.65 bits per heavy atom. The molecule has 1 unspecified atom stereocenters. The summed E-state index contributed by atoms with van der Waals surface area (Å²) in [5.41, 5.74) is 1.81. The highest BCUT2D eigenvalue weighted by atomic mass is 16.5. The molecule has 1 saturated carbocycles. The number of methoxy groups -OCH3 is 1. The van der Waals surface area contributed by atoms with Gasteiger partial charge >= 0.3 is 0 Å². The highest BCUT2D eigenvalue weighted by molar-refractivity contribution is 5.77. The summed E-state index contributed by atoms with van der Waals surface area (Å²) in [6, 6.07) is 17.5. The molecule has 1 fully saturated rings. The van der Waals surface area contributed by atoms with Crippen LogP contribution in [0.1, 0.15) is 55.6 Å². The molecule has 0 heterocycles. The Morgan fingerprint density at radius 1 is 1.16 bits per heavy atom. The fraction of sp³-hybridized carbons (Fsp3) is 0.385. The van der Waals surface area contributed by atoms with Gasteiger partial charge < -0.3 is 14.8 Å². The molecule has 1 N–H and O–H groups in total. The molecule has 5 heteroatoms. The lowest BCUT2D eigenvalue weighted by atomic mass is 9.95. The van der Waals surface area contributed by atoms with Crippen LogP contribution >= 0.6 is 0 Å². The highest BCUT2D eigenvalue weighted by Gasteiger charge is 2.21. The van der Waals surface area contributed by atoms with Crippen LogP contribution in [0.3, 0.4) is 0 Å². The third-order valence-corrected chi connectivity index (χ3v) is 5.30. The molecule has 31 heavy (non-hydrogen) atoms. The van der Waals surface area contributed by atoms with Crippen molar-refractivity contribution < 1.29 is 14.3 Å². The molecule has 3 rings (SSSR count). The van der Waals surface area contributed by atoms with Crippen molar-refractivity contribution in [1.29, 1.82) is 5.26 Å². The largest absolute Gasteiger partial charge is 0.493 e. The summed E-state index contributed by atoms with van der Waals surface area (Å²) in [5, 5.41) is 11.5. The molecule has 1 atom stereocenters. The second-order valence-electron chi connectivity index (χ2n) is 7.58. The Bertz CT molecular complexity index is 964. The van der Waals surface area contributed by atoms with E-state index in [1.807, 2.05) is 54.6 Å². The van der Waals surface area contributed by atoms with E-state index in [2.05, 4.69) is 17.2 Å². The van der Waals surface area contributed by atoms with Gasteiger partial charge in [0.15, 0.2) is 11.5 Å². The fourth-order valence-electron chi connectivity index (χ4n) is 3.65. The van der Waals surface area contributed by atoms with Gasteiger partial charge in [-0.3, -0.25) is 4.79 Å². The van der Waals surface area contributed by atoms with Crippen LogP contribution in [0.25, 0.3) is 0 Å². The van der Waals surface area contributed by atoms with Gasteiger partial charge in [-0.05, 0) is 55.5 Å². The van der Waals surface area contributed by atoms with E-state index in [1.165, 1.54) is 12.8 Å². The maximum Gasteiger partial charge on any atom is 0.221 e. The van der Waals surface area contributed by atoms with E-state index in [0.29, 0.717) is 18.0 Å². The van der Waals surface area contributed by atoms with Gasteiger partial charge in [0, 0.05) is 18.5 Å². The molecule has 2 aromatic rings. The van der Waals surface area contributed by atoms with Crippen LogP contribution in [0.15, 0.2) is 48.5 Å². The van der Waals surface area contributed by atoms with E-state index < -0.39 is 0 Å². The second kappa shape index (κ2) is 11.7. The lowest BCUT2D eigenvalue weighted by molar-refractivity contribution is -0.121. The number of amides is 1. The standard InChI is InChI=1S/C26H28N2O3/c1-30-24-15-14-21(18-25(24)31-23-10-5-6-11-23)22(19-26(29)28-17-7-16-27)13-12-20-8-3-2-4-9-20/h2-4,8-9,14-15,18,22-23H,5-7,10-11,17,19H2,1H3,(H,28,29). The Kier molecular flexibility index (Phi) is 8.38. The summed E-state index contributed by atoms with van der Waals surface area (Å²) in [6.07, 6.45) is 5.15. The lowest BCUT2D eigenvalue weighted by Gasteiger charge is -2.18. The fourth-order valence-corrected chi connectivity index (χ4v) is 3.65. The van der Waals surface area contributed by atoms with Crippen molar-refractivity contribution in [3.8, 4) is 29.4 Å². The van der Waals surface area contributed by atoms with Gasteiger partial charge in [0.1, 0.15) is 0 Å². The molecule has 160 valence electrons. The monoisotopic (exact) mass is 416 g/mol. The molecule has 0 spiro atoms. The van der Waals surface area contributed by atoms with Gasteiger partial charge in [0.05, 0.1) is 31.6 Å². The van der Waals surface area contributed by atoms with E-state index in [0.717, 1.165) is 24.0 Å². The van der Waals surface area contributed by atoms with Gasteiger partial charge in [-0.1, -0.05) is 36.1 Å². The first-order valence-corrected chi connectivity index (χ1v) is 10.7. The molecule has 0 radical (unpaired) electrons.